The Hall–Kier alpha value is -1.71. The van der Waals surface area contributed by atoms with E-state index in [2.05, 4.69) is 17.0 Å². The Morgan fingerprint density at radius 1 is 1.05 bits per heavy atom. The standard InChI is InChI=1S/C16H24N2O2/c1-16(2,3)20-15(19)18-11-7-10-17(12-13-18)14-8-5-4-6-9-14/h4-6,8-9H,7,10-13H2,1-3H3. The van der Waals surface area contributed by atoms with Crippen molar-refractivity contribution in [3.63, 3.8) is 0 Å². The summed E-state index contributed by atoms with van der Waals surface area (Å²) in [5.74, 6) is 0. The van der Waals surface area contributed by atoms with Gasteiger partial charge in [0.05, 0.1) is 0 Å². The molecule has 4 heteroatoms. The Morgan fingerprint density at radius 2 is 1.75 bits per heavy atom. The number of amides is 1. The van der Waals surface area contributed by atoms with E-state index in [1.165, 1.54) is 5.69 Å². The number of hydrogen-bond acceptors (Lipinski definition) is 3. The summed E-state index contributed by atoms with van der Waals surface area (Å²) in [7, 11) is 0. The molecule has 0 atom stereocenters. The molecule has 0 spiro atoms. The molecule has 0 saturated carbocycles. The topological polar surface area (TPSA) is 32.8 Å². The molecular formula is C16H24N2O2. The first-order valence-electron chi connectivity index (χ1n) is 7.24. The molecule has 0 radical (unpaired) electrons. The van der Waals surface area contributed by atoms with E-state index in [4.69, 9.17) is 4.74 Å². The number of carbonyl (C=O) groups excluding carboxylic acids is 1. The summed E-state index contributed by atoms with van der Waals surface area (Å²) >= 11 is 0. The predicted molar refractivity (Wildman–Crippen MR) is 81.1 cm³/mol. The molecule has 20 heavy (non-hydrogen) atoms. The van der Waals surface area contributed by atoms with Crippen LogP contribution >= 0.6 is 0 Å². The highest BCUT2D eigenvalue weighted by Crippen LogP contribution is 2.17. The Kier molecular flexibility index (Phi) is 4.53. The van der Waals surface area contributed by atoms with Gasteiger partial charge in [0.2, 0.25) is 0 Å². The van der Waals surface area contributed by atoms with E-state index in [0.717, 1.165) is 26.1 Å². The Balaban J connectivity index is 1.94. The van der Waals surface area contributed by atoms with E-state index in [1.807, 2.05) is 43.9 Å². The van der Waals surface area contributed by atoms with Crippen molar-refractivity contribution in [2.75, 3.05) is 31.1 Å². The number of hydrogen-bond donors (Lipinski definition) is 0. The second-order valence-electron chi connectivity index (χ2n) is 6.14. The number of nitrogens with zero attached hydrogens (tertiary/aromatic N) is 2. The minimum absolute atomic E-state index is 0.201. The van der Waals surface area contributed by atoms with Crippen molar-refractivity contribution in [1.82, 2.24) is 4.90 Å². The summed E-state index contributed by atoms with van der Waals surface area (Å²) in [6.45, 7) is 9.01. The SMILES string of the molecule is CC(C)(C)OC(=O)N1CCCN(c2ccccc2)CC1. The van der Waals surface area contributed by atoms with Gasteiger partial charge in [-0.1, -0.05) is 18.2 Å². The molecule has 0 aromatic heterocycles. The second-order valence-corrected chi connectivity index (χ2v) is 6.14. The van der Waals surface area contributed by atoms with E-state index >= 15 is 0 Å². The van der Waals surface area contributed by atoms with Gasteiger partial charge in [-0.3, -0.25) is 0 Å². The molecular weight excluding hydrogens is 252 g/mol. The van der Waals surface area contributed by atoms with Crippen LogP contribution in [0.15, 0.2) is 30.3 Å². The molecule has 1 aliphatic heterocycles. The molecule has 0 aliphatic carbocycles. The molecule has 0 N–H and O–H groups in total. The lowest BCUT2D eigenvalue weighted by atomic mass is 10.2. The first kappa shape index (κ1) is 14.7. The second kappa shape index (κ2) is 6.16. The first-order valence-corrected chi connectivity index (χ1v) is 7.24. The van der Waals surface area contributed by atoms with Gasteiger partial charge in [-0.15, -0.1) is 0 Å². The van der Waals surface area contributed by atoms with E-state index in [-0.39, 0.29) is 6.09 Å². The molecule has 1 heterocycles. The molecule has 1 aromatic rings. The van der Waals surface area contributed by atoms with Crippen LogP contribution in [0.3, 0.4) is 0 Å². The summed E-state index contributed by atoms with van der Waals surface area (Å²) < 4.78 is 5.44. The number of carbonyl (C=O) groups is 1. The van der Waals surface area contributed by atoms with Gasteiger partial charge in [-0.25, -0.2) is 4.79 Å². The summed E-state index contributed by atoms with van der Waals surface area (Å²) in [5, 5.41) is 0. The van der Waals surface area contributed by atoms with Gasteiger partial charge in [0.15, 0.2) is 0 Å². The smallest absolute Gasteiger partial charge is 0.410 e. The molecule has 1 saturated heterocycles. The normalized spacial score (nSPS) is 16.8. The van der Waals surface area contributed by atoms with Gasteiger partial charge in [0.25, 0.3) is 0 Å². The lowest BCUT2D eigenvalue weighted by molar-refractivity contribution is 0.0263. The lowest BCUT2D eigenvalue weighted by Gasteiger charge is -2.27. The average molecular weight is 276 g/mol. The van der Waals surface area contributed by atoms with Crippen molar-refractivity contribution in [2.45, 2.75) is 32.8 Å². The van der Waals surface area contributed by atoms with Gasteiger partial charge in [0.1, 0.15) is 5.60 Å². The largest absolute Gasteiger partial charge is 0.444 e. The van der Waals surface area contributed by atoms with Crippen molar-refractivity contribution in [3.05, 3.63) is 30.3 Å². The van der Waals surface area contributed by atoms with Crippen LogP contribution in [0.2, 0.25) is 0 Å². The fourth-order valence-electron chi connectivity index (χ4n) is 2.32. The summed E-state index contributed by atoms with van der Waals surface area (Å²) in [6, 6.07) is 10.3. The van der Waals surface area contributed by atoms with E-state index in [1.54, 1.807) is 0 Å². The van der Waals surface area contributed by atoms with E-state index in [0.29, 0.717) is 6.54 Å². The summed E-state index contributed by atoms with van der Waals surface area (Å²) in [5.41, 5.74) is 0.793. The van der Waals surface area contributed by atoms with Crippen LogP contribution in [-0.2, 0) is 4.74 Å². The van der Waals surface area contributed by atoms with Gasteiger partial charge in [0, 0.05) is 31.9 Å². The number of anilines is 1. The fraction of sp³-hybridized carbons (Fsp3) is 0.562. The molecule has 2 rings (SSSR count). The van der Waals surface area contributed by atoms with Crippen molar-refractivity contribution in [3.8, 4) is 0 Å². The van der Waals surface area contributed by atoms with Crippen LogP contribution in [0.4, 0.5) is 10.5 Å². The highest BCUT2D eigenvalue weighted by Gasteiger charge is 2.24. The highest BCUT2D eigenvalue weighted by atomic mass is 16.6. The molecule has 1 aromatic carbocycles. The maximum Gasteiger partial charge on any atom is 0.410 e. The number of rotatable bonds is 1. The van der Waals surface area contributed by atoms with Crippen molar-refractivity contribution < 1.29 is 9.53 Å². The molecule has 1 amide bonds. The third-order valence-electron chi connectivity index (χ3n) is 3.27. The third-order valence-corrected chi connectivity index (χ3v) is 3.27. The molecule has 1 aliphatic rings. The Bertz CT molecular complexity index is 440. The van der Waals surface area contributed by atoms with Crippen LogP contribution in [0, 0.1) is 0 Å². The first-order chi connectivity index (χ1) is 9.46. The fourth-order valence-corrected chi connectivity index (χ4v) is 2.32. The molecule has 110 valence electrons. The van der Waals surface area contributed by atoms with Crippen LogP contribution < -0.4 is 4.90 Å². The maximum atomic E-state index is 12.1. The predicted octanol–water partition coefficient (Wildman–Crippen LogP) is 3.13. The van der Waals surface area contributed by atoms with Gasteiger partial charge in [-0.05, 0) is 39.3 Å². The van der Waals surface area contributed by atoms with Crippen molar-refractivity contribution in [2.24, 2.45) is 0 Å². The van der Waals surface area contributed by atoms with Crippen LogP contribution in [0.5, 0.6) is 0 Å². The zero-order valence-electron chi connectivity index (χ0n) is 12.6. The third kappa shape index (κ3) is 4.15. The zero-order chi connectivity index (χ0) is 14.6. The van der Waals surface area contributed by atoms with Gasteiger partial charge in [-0.2, -0.15) is 0 Å². The van der Waals surface area contributed by atoms with Crippen LogP contribution in [0.25, 0.3) is 0 Å². The summed E-state index contributed by atoms with van der Waals surface area (Å²) in [4.78, 5) is 16.2. The zero-order valence-corrected chi connectivity index (χ0v) is 12.6. The highest BCUT2D eigenvalue weighted by molar-refractivity contribution is 5.68. The summed E-state index contributed by atoms with van der Waals surface area (Å²) in [6.07, 6.45) is 0.765. The van der Waals surface area contributed by atoms with Crippen LogP contribution in [-0.4, -0.2) is 42.8 Å². The molecule has 0 unspecified atom stereocenters. The molecule has 4 nitrogen and oxygen atoms in total. The van der Waals surface area contributed by atoms with Gasteiger partial charge >= 0.3 is 6.09 Å². The molecule has 1 fully saturated rings. The monoisotopic (exact) mass is 276 g/mol. The average Bonchev–Trinajstić information content (AvgIpc) is 2.63. The number of ether oxygens (including phenoxy) is 1. The Morgan fingerprint density at radius 3 is 2.40 bits per heavy atom. The van der Waals surface area contributed by atoms with Crippen LogP contribution in [0.1, 0.15) is 27.2 Å². The minimum Gasteiger partial charge on any atom is -0.444 e. The number of para-hydroxylation sites is 1. The van der Waals surface area contributed by atoms with Gasteiger partial charge < -0.3 is 14.5 Å². The Labute approximate surface area is 121 Å². The van der Waals surface area contributed by atoms with Crippen molar-refractivity contribution in [1.29, 1.82) is 0 Å². The van der Waals surface area contributed by atoms with Crippen molar-refractivity contribution >= 4 is 11.8 Å². The maximum absolute atomic E-state index is 12.1. The number of benzene rings is 1. The van der Waals surface area contributed by atoms with E-state index < -0.39 is 5.60 Å². The lowest BCUT2D eigenvalue weighted by Crippen LogP contribution is -2.39. The van der Waals surface area contributed by atoms with E-state index in [9.17, 15) is 4.79 Å². The minimum atomic E-state index is -0.428. The quantitative estimate of drug-likeness (QED) is 0.790. The molecule has 0 bridgehead atoms.